The summed E-state index contributed by atoms with van der Waals surface area (Å²) in [4.78, 5) is 13.7. The number of nitrogens with one attached hydrogen (secondary N) is 1. The van der Waals surface area contributed by atoms with Crippen LogP contribution in [0.5, 0.6) is 0 Å². The molecule has 3 nitrogen and oxygen atoms in total. The van der Waals surface area contributed by atoms with Crippen molar-refractivity contribution in [2.24, 2.45) is 0 Å². The molecule has 0 aliphatic carbocycles. The Bertz CT molecular complexity index is 222. The average molecular weight is 217 g/mol. The van der Waals surface area contributed by atoms with E-state index in [1.807, 2.05) is 0 Å². The molecule has 2 aliphatic rings. The summed E-state index contributed by atoms with van der Waals surface area (Å²) in [5.74, 6) is 0.0625. The van der Waals surface area contributed by atoms with Crippen molar-refractivity contribution in [1.82, 2.24) is 10.2 Å². The summed E-state index contributed by atoms with van der Waals surface area (Å²) in [6.45, 7) is 2.34. The number of amides is 1. The molecule has 2 saturated heterocycles. The Kier molecular flexibility index (Phi) is 3.29. The number of hydrogen-bond acceptors (Lipinski definition) is 2. The first kappa shape index (κ1) is 10.2. The van der Waals surface area contributed by atoms with Gasteiger partial charge in [0.2, 0.25) is 5.91 Å². The Labute approximate surface area is 89.8 Å². The Morgan fingerprint density at radius 1 is 1.36 bits per heavy atom. The number of carbonyl (C=O) groups excluding carboxylic acids is 1. The highest BCUT2D eigenvalue weighted by Crippen LogP contribution is 2.26. The van der Waals surface area contributed by atoms with Crippen LogP contribution in [-0.4, -0.2) is 41.9 Å². The predicted molar refractivity (Wildman–Crippen MR) is 56.5 cm³/mol. The first-order valence-electron chi connectivity index (χ1n) is 5.40. The Morgan fingerprint density at radius 2 is 2.21 bits per heavy atom. The minimum Gasteiger partial charge on any atom is -0.351 e. The molecule has 2 heterocycles. The highest BCUT2D eigenvalue weighted by Gasteiger charge is 2.35. The summed E-state index contributed by atoms with van der Waals surface area (Å²) in [6, 6.07) is 0.928. The summed E-state index contributed by atoms with van der Waals surface area (Å²) in [7, 11) is 0. The number of halogens is 1. The van der Waals surface area contributed by atoms with Crippen molar-refractivity contribution in [2.75, 3.05) is 19.0 Å². The van der Waals surface area contributed by atoms with E-state index < -0.39 is 0 Å². The van der Waals surface area contributed by atoms with Crippen molar-refractivity contribution in [3.8, 4) is 0 Å². The van der Waals surface area contributed by atoms with Crippen LogP contribution in [0.15, 0.2) is 0 Å². The Morgan fingerprint density at radius 3 is 3.00 bits per heavy atom. The van der Waals surface area contributed by atoms with E-state index >= 15 is 0 Å². The molecule has 2 rings (SSSR count). The van der Waals surface area contributed by atoms with Crippen LogP contribution in [0.3, 0.4) is 0 Å². The molecule has 0 bridgehead atoms. The largest absolute Gasteiger partial charge is 0.351 e. The number of piperidine rings is 1. The maximum atomic E-state index is 11.2. The van der Waals surface area contributed by atoms with Crippen molar-refractivity contribution in [2.45, 2.75) is 37.8 Å². The van der Waals surface area contributed by atoms with E-state index in [0.29, 0.717) is 12.1 Å². The van der Waals surface area contributed by atoms with Crippen LogP contribution in [0.2, 0.25) is 0 Å². The molecule has 0 radical (unpaired) electrons. The zero-order chi connectivity index (χ0) is 9.97. The first-order chi connectivity index (χ1) is 6.81. The average Bonchev–Trinajstić information content (AvgIpc) is 2.62. The lowest BCUT2D eigenvalue weighted by Gasteiger charge is -2.32. The van der Waals surface area contributed by atoms with Gasteiger partial charge in [-0.3, -0.25) is 9.69 Å². The number of alkyl halides is 1. The molecule has 0 spiro atoms. The second-order valence-electron chi connectivity index (χ2n) is 4.20. The molecule has 1 N–H and O–H groups in total. The molecule has 80 valence electrons. The van der Waals surface area contributed by atoms with Gasteiger partial charge in [-0.25, -0.2) is 0 Å². The predicted octanol–water partition coefficient (Wildman–Crippen LogP) is 0.968. The van der Waals surface area contributed by atoms with Crippen LogP contribution in [0.25, 0.3) is 0 Å². The van der Waals surface area contributed by atoms with E-state index in [1.54, 1.807) is 0 Å². The van der Waals surface area contributed by atoms with Gasteiger partial charge >= 0.3 is 0 Å². The summed E-state index contributed by atoms with van der Waals surface area (Å²) in [5, 5.41) is 3.02. The third-order valence-electron chi connectivity index (χ3n) is 3.32. The van der Waals surface area contributed by atoms with Gasteiger partial charge in [0.1, 0.15) is 5.88 Å². The zero-order valence-electron chi connectivity index (χ0n) is 8.34. The molecule has 0 aromatic rings. The van der Waals surface area contributed by atoms with Crippen LogP contribution in [0.4, 0.5) is 0 Å². The molecule has 2 unspecified atom stereocenters. The van der Waals surface area contributed by atoms with Crippen LogP contribution in [0, 0.1) is 0 Å². The molecule has 0 aromatic heterocycles. The minimum absolute atomic E-state index is 0.0240. The van der Waals surface area contributed by atoms with Crippen molar-refractivity contribution in [3.05, 3.63) is 0 Å². The quantitative estimate of drug-likeness (QED) is 0.698. The van der Waals surface area contributed by atoms with Crippen molar-refractivity contribution in [3.63, 3.8) is 0 Å². The monoisotopic (exact) mass is 216 g/mol. The second kappa shape index (κ2) is 4.49. The fourth-order valence-corrected chi connectivity index (χ4v) is 2.74. The van der Waals surface area contributed by atoms with Gasteiger partial charge in [0.15, 0.2) is 0 Å². The molecular weight excluding hydrogens is 200 g/mol. The second-order valence-corrected chi connectivity index (χ2v) is 4.46. The molecule has 14 heavy (non-hydrogen) atoms. The van der Waals surface area contributed by atoms with Gasteiger partial charge in [0, 0.05) is 18.6 Å². The number of fused-ring (bicyclic) bond motifs is 1. The van der Waals surface area contributed by atoms with E-state index in [2.05, 4.69) is 10.2 Å². The van der Waals surface area contributed by atoms with E-state index in [-0.39, 0.29) is 11.8 Å². The molecule has 2 aliphatic heterocycles. The third-order valence-corrected chi connectivity index (χ3v) is 3.57. The minimum atomic E-state index is -0.0240. The summed E-state index contributed by atoms with van der Waals surface area (Å²) >= 11 is 5.48. The van der Waals surface area contributed by atoms with Crippen molar-refractivity contribution in [1.29, 1.82) is 0 Å². The molecular formula is C10H17ClN2O. The topological polar surface area (TPSA) is 32.3 Å². The maximum Gasteiger partial charge on any atom is 0.235 e. The fourth-order valence-electron chi connectivity index (χ4n) is 2.66. The molecule has 2 fully saturated rings. The lowest BCUT2D eigenvalue weighted by Crippen LogP contribution is -2.47. The zero-order valence-corrected chi connectivity index (χ0v) is 9.09. The van der Waals surface area contributed by atoms with Gasteiger partial charge in [-0.1, -0.05) is 6.42 Å². The van der Waals surface area contributed by atoms with E-state index in [0.717, 1.165) is 13.0 Å². The highest BCUT2D eigenvalue weighted by molar-refractivity contribution is 6.27. The number of nitrogens with zero attached hydrogens (tertiary/aromatic N) is 1. The van der Waals surface area contributed by atoms with Gasteiger partial charge in [-0.15, -0.1) is 11.6 Å². The molecule has 0 saturated carbocycles. The maximum absolute atomic E-state index is 11.2. The molecule has 1 amide bonds. The van der Waals surface area contributed by atoms with Crippen molar-refractivity contribution >= 4 is 17.5 Å². The van der Waals surface area contributed by atoms with Crippen molar-refractivity contribution < 1.29 is 4.79 Å². The van der Waals surface area contributed by atoms with Gasteiger partial charge in [0.25, 0.3) is 0 Å². The molecule has 2 atom stereocenters. The van der Waals surface area contributed by atoms with Crippen LogP contribution in [0.1, 0.15) is 25.7 Å². The SMILES string of the molecule is O=C(CCl)NC1CCN2CCCCC12. The van der Waals surface area contributed by atoms with E-state index in [9.17, 15) is 4.79 Å². The van der Waals surface area contributed by atoms with Gasteiger partial charge in [-0.05, 0) is 25.8 Å². The standard InChI is InChI=1S/C10H17ClN2O/c11-7-10(14)12-8-4-6-13-5-2-1-3-9(8)13/h8-9H,1-7H2,(H,12,14). The van der Waals surface area contributed by atoms with Gasteiger partial charge < -0.3 is 5.32 Å². The van der Waals surface area contributed by atoms with E-state index in [4.69, 9.17) is 11.6 Å². The normalized spacial score (nSPS) is 32.6. The number of carbonyl (C=O) groups is 1. The van der Waals surface area contributed by atoms with Gasteiger partial charge in [0.05, 0.1) is 0 Å². The van der Waals surface area contributed by atoms with Crippen LogP contribution in [-0.2, 0) is 4.79 Å². The number of rotatable bonds is 2. The third kappa shape index (κ3) is 2.04. The molecule has 0 aromatic carbocycles. The first-order valence-corrected chi connectivity index (χ1v) is 5.94. The Balaban J connectivity index is 1.90. The number of hydrogen-bond donors (Lipinski definition) is 1. The van der Waals surface area contributed by atoms with Crippen LogP contribution < -0.4 is 5.32 Å². The molecule has 4 heteroatoms. The highest BCUT2D eigenvalue weighted by atomic mass is 35.5. The summed E-state index contributed by atoms with van der Waals surface area (Å²) in [5.41, 5.74) is 0. The fraction of sp³-hybridized carbons (Fsp3) is 0.900. The Hall–Kier alpha value is -0.280. The lowest BCUT2D eigenvalue weighted by molar-refractivity contribution is -0.119. The van der Waals surface area contributed by atoms with E-state index in [1.165, 1.54) is 25.8 Å². The van der Waals surface area contributed by atoms with Crippen LogP contribution >= 0.6 is 11.6 Å². The summed E-state index contributed by atoms with van der Waals surface area (Å²) in [6.07, 6.45) is 4.93. The van der Waals surface area contributed by atoms with Gasteiger partial charge in [-0.2, -0.15) is 0 Å². The smallest absolute Gasteiger partial charge is 0.235 e. The summed E-state index contributed by atoms with van der Waals surface area (Å²) < 4.78 is 0. The lowest BCUT2D eigenvalue weighted by atomic mass is 9.99.